The molecule has 0 saturated heterocycles. The maximum Gasteiger partial charge on any atom is 0.110 e. The van der Waals surface area contributed by atoms with Crippen molar-refractivity contribution in [1.29, 1.82) is 0 Å². The third-order valence-corrected chi connectivity index (χ3v) is 2.76. The lowest BCUT2D eigenvalue weighted by Gasteiger charge is -2.22. The van der Waals surface area contributed by atoms with E-state index in [9.17, 15) is 0 Å². The fourth-order valence-electron chi connectivity index (χ4n) is 1.30. The van der Waals surface area contributed by atoms with Crippen LogP contribution in [0.25, 0.3) is 0 Å². The summed E-state index contributed by atoms with van der Waals surface area (Å²) in [7, 11) is 0. The van der Waals surface area contributed by atoms with E-state index in [-0.39, 0.29) is 0 Å². The summed E-state index contributed by atoms with van der Waals surface area (Å²) in [5, 5.41) is 6.76. The van der Waals surface area contributed by atoms with Crippen molar-refractivity contribution in [3.8, 4) is 0 Å². The maximum atomic E-state index is 4.35. The van der Waals surface area contributed by atoms with Gasteiger partial charge in [0, 0.05) is 17.6 Å². The number of nitrogens with zero attached hydrogens (tertiary/aromatic N) is 1. The average Bonchev–Trinajstić information content (AvgIpc) is 2.50. The number of aromatic nitrogens is 1. The molecule has 0 aromatic carbocycles. The number of nitrogens with one attached hydrogen (secondary N) is 1. The standard InChI is InChI=1S/C10H18N2S/c1-7(2)9(12-8(3)4)10-11-5-6-13-10/h5-9,12H,1-4H3. The van der Waals surface area contributed by atoms with Crippen LogP contribution < -0.4 is 5.32 Å². The fourth-order valence-corrected chi connectivity index (χ4v) is 2.17. The molecule has 0 bridgehead atoms. The van der Waals surface area contributed by atoms with E-state index in [2.05, 4.69) is 38.0 Å². The molecule has 1 aromatic heterocycles. The number of rotatable bonds is 4. The molecule has 74 valence electrons. The van der Waals surface area contributed by atoms with Gasteiger partial charge in [0.05, 0.1) is 6.04 Å². The zero-order valence-corrected chi connectivity index (χ0v) is 9.56. The van der Waals surface area contributed by atoms with Crippen molar-refractivity contribution < 1.29 is 0 Å². The molecule has 1 atom stereocenters. The smallest absolute Gasteiger partial charge is 0.110 e. The van der Waals surface area contributed by atoms with Gasteiger partial charge in [0.1, 0.15) is 5.01 Å². The van der Waals surface area contributed by atoms with Crippen molar-refractivity contribution in [3.05, 3.63) is 16.6 Å². The summed E-state index contributed by atoms with van der Waals surface area (Å²) in [4.78, 5) is 4.35. The number of hydrogen-bond donors (Lipinski definition) is 1. The molecule has 1 unspecified atom stereocenters. The second-order valence-electron chi connectivity index (χ2n) is 3.91. The van der Waals surface area contributed by atoms with Gasteiger partial charge in [-0.15, -0.1) is 11.3 Å². The van der Waals surface area contributed by atoms with Crippen molar-refractivity contribution in [2.75, 3.05) is 0 Å². The van der Waals surface area contributed by atoms with Crippen LogP contribution in [0, 0.1) is 5.92 Å². The van der Waals surface area contributed by atoms with Crippen LogP contribution in [-0.4, -0.2) is 11.0 Å². The first-order valence-corrected chi connectivity index (χ1v) is 5.64. The van der Waals surface area contributed by atoms with Crippen molar-refractivity contribution in [2.45, 2.75) is 39.8 Å². The second-order valence-corrected chi connectivity index (χ2v) is 4.84. The third-order valence-electron chi connectivity index (χ3n) is 1.90. The molecule has 13 heavy (non-hydrogen) atoms. The fraction of sp³-hybridized carbons (Fsp3) is 0.700. The molecule has 1 aromatic rings. The van der Waals surface area contributed by atoms with Gasteiger partial charge < -0.3 is 5.32 Å². The summed E-state index contributed by atoms with van der Waals surface area (Å²) in [6, 6.07) is 0.913. The highest BCUT2D eigenvalue weighted by Gasteiger charge is 2.18. The van der Waals surface area contributed by atoms with E-state index in [0.29, 0.717) is 18.0 Å². The molecular formula is C10H18N2S. The summed E-state index contributed by atoms with van der Waals surface area (Å²) < 4.78 is 0. The lowest BCUT2D eigenvalue weighted by molar-refractivity contribution is 0.380. The minimum atomic E-state index is 0.403. The minimum Gasteiger partial charge on any atom is -0.305 e. The Morgan fingerprint density at radius 2 is 2.00 bits per heavy atom. The highest BCUT2D eigenvalue weighted by Crippen LogP contribution is 2.23. The Balaban J connectivity index is 2.69. The predicted molar refractivity (Wildman–Crippen MR) is 58.0 cm³/mol. The van der Waals surface area contributed by atoms with Crippen LogP contribution in [-0.2, 0) is 0 Å². The van der Waals surface area contributed by atoms with E-state index in [1.165, 1.54) is 5.01 Å². The van der Waals surface area contributed by atoms with Crippen LogP contribution in [0.1, 0.15) is 38.7 Å². The van der Waals surface area contributed by atoms with E-state index in [0.717, 1.165) is 0 Å². The minimum absolute atomic E-state index is 0.403. The van der Waals surface area contributed by atoms with Gasteiger partial charge in [0.2, 0.25) is 0 Å². The molecule has 0 aliphatic carbocycles. The third kappa shape index (κ3) is 3.08. The number of hydrogen-bond acceptors (Lipinski definition) is 3. The Kier molecular flexibility index (Phi) is 3.88. The molecule has 2 nitrogen and oxygen atoms in total. The first-order valence-electron chi connectivity index (χ1n) is 4.76. The summed E-state index contributed by atoms with van der Waals surface area (Å²) >= 11 is 1.73. The zero-order chi connectivity index (χ0) is 9.84. The van der Waals surface area contributed by atoms with Crippen LogP contribution in [0.3, 0.4) is 0 Å². The van der Waals surface area contributed by atoms with Gasteiger partial charge in [-0.05, 0) is 5.92 Å². The zero-order valence-electron chi connectivity index (χ0n) is 8.74. The van der Waals surface area contributed by atoms with Crippen LogP contribution in [0.4, 0.5) is 0 Å². The Morgan fingerprint density at radius 1 is 1.31 bits per heavy atom. The molecular weight excluding hydrogens is 180 g/mol. The topological polar surface area (TPSA) is 24.9 Å². The Morgan fingerprint density at radius 3 is 2.38 bits per heavy atom. The van der Waals surface area contributed by atoms with Crippen LogP contribution in [0.2, 0.25) is 0 Å². The first kappa shape index (κ1) is 10.7. The van der Waals surface area contributed by atoms with Gasteiger partial charge in [0.25, 0.3) is 0 Å². The molecule has 1 N–H and O–H groups in total. The lowest BCUT2D eigenvalue weighted by atomic mass is 10.0. The molecule has 0 saturated carbocycles. The second kappa shape index (κ2) is 4.72. The van der Waals surface area contributed by atoms with E-state index in [1.807, 2.05) is 11.6 Å². The summed E-state index contributed by atoms with van der Waals surface area (Å²) in [5.74, 6) is 0.591. The van der Waals surface area contributed by atoms with Crippen molar-refractivity contribution >= 4 is 11.3 Å². The van der Waals surface area contributed by atoms with Gasteiger partial charge in [-0.2, -0.15) is 0 Å². The quantitative estimate of drug-likeness (QED) is 0.804. The SMILES string of the molecule is CC(C)NC(c1nccs1)C(C)C. The van der Waals surface area contributed by atoms with E-state index in [4.69, 9.17) is 0 Å². The largest absolute Gasteiger partial charge is 0.305 e. The molecule has 0 aliphatic heterocycles. The van der Waals surface area contributed by atoms with E-state index >= 15 is 0 Å². The maximum absolute atomic E-state index is 4.35. The summed E-state index contributed by atoms with van der Waals surface area (Å²) in [5.41, 5.74) is 0. The molecule has 0 fully saturated rings. The highest BCUT2D eigenvalue weighted by atomic mass is 32.1. The van der Waals surface area contributed by atoms with Crippen LogP contribution in [0.15, 0.2) is 11.6 Å². The van der Waals surface area contributed by atoms with E-state index < -0.39 is 0 Å². The summed E-state index contributed by atoms with van der Waals surface area (Å²) in [6.45, 7) is 8.79. The van der Waals surface area contributed by atoms with Gasteiger partial charge in [0.15, 0.2) is 0 Å². The normalized spacial score (nSPS) is 14.0. The predicted octanol–water partition coefficient (Wildman–Crippen LogP) is 2.84. The first-order chi connectivity index (χ1) is 6.11. The molecule has 0 spiro atoms. The lowest BCUT2D eigenvalue weighted by Crippen LogP contribution is -2.31. The van der Waals surface area contributed by atoms with E-state index in [1.54, 1.807) is 11.3 Å². The molecule has 0 amide bonds. The van der Waals surface area contributed by atoms with Gasteiger partial charge >= 0.3 is 0 Å². The van der Waals surface area contributed by atoms with Gasteiger partial charge in [-0.3, -0.25) is 0 Å². The van der Waals surface area contributed by atoms with Gasteiger partial charge in [-0.25, -0.2) is 4.98 Å². The molecule has 3 heteroatoms. The van der Waals surface area contributed by atoms with Crippen molar-refractivity contribution in [3.63, 3.8) is 0 Å². The molecule has 1 rings (SSSR count). The Hall–Kier alpha value is -0.410. The molecule has 0 radical (unpaired) electrons. The average molecular weight is 198 g/mol. The Bertz CT molecular complexity index is 229. The van der Waals surface area contributed by atoms with Crippen molar-refractivity contribution in [1.82, 2.24) is 10.3 Å². The van der Waals surface area contributed by atoms with Crippen LogP contribution >= 0.6 is 11.3 Å². The van der Waals surface area contributed by atoms with Crippen molar-refractivity contribution in [2.24, 2.45) is 5.92 Å². The van der Waals surface area contributed by atoms with Gasteiger partial charge in [-0.1, -0.05) is 27.7 Å². The summed E-state index contributed by atoms with van der Waals surface area (Å²) in [6.07, 6.45) is 1.87. The highest BCUT2D eigenvalue weighted by molar-refractivity contribution is 7.09. The van der Waals surface area contributed by atoms with Crippen LogP contribution in [0.5, 0.6) is 0 Å². The Labute approximate surface area is 84.4 Å². The molecule has 1 heterocycles. The number of thiazole rings is 1. The molecule has 0 aliphatic rings. The monoisotopic (exact) mass is 198 g/mol.